The second-order valence-corrected chi connectivity index (χ2v) is 5.83. The molecule has 0 aliphatic carbocycles. The average molecular weight is 343 g/mol. The molecule has 0 amide bonds. The van der Waals surface area contributed by atoms with Crippen LogP contribution in [0.5, 0.6) is 0 Å². The quantitative estimate of drug-likeness (QED) is 0.681. The first-order chi connectivity index (χ1) is 8.97. The summed E-state index contributed by atoms with van der Waals surface area (Å²) in [6.07, 6.45) is 0. The normalized spacial score (nSPS) is 10.4. The van der Waals surface area contributed by atoms with E-state index in [1.54, 1.807) is 23.3 Å². The molecule has 2 rings (SSSR count). The lowest BCUT2D eigenvalue weighted by atomic mass is 10.3. The van der Waals surface area contributed by atoms with E-state index < -0.39 is 4.92 Å². The number of halogens is 1. The van der Waals surface area contributed by atoms with Gasteiger partial charge in [0.15, 0.2) is 0 Å². The van der Waals surface area contributed by atoms with E-state index in [4.69, 9.17) is 5.73 Å². The summed E-state index contributed by atoms with van der Waals surface area (Å²) in [7, 11) is 1.75. The van der Waals surface area contributed by atoms with E-state index >= 15 is 0 Å². The first kappa shape index (κ1) is 13.8. The van der Waals surface area contributed by atoms with E-state index in [2.05, 4.69) is 20.9 Å². The maximum atomic E-state index is 11.0. The Kier molecular flexibility index (Phi) is 4.01. The highest BCUT2D eigenvalue weighted by molar-refractivity contribution is 9.10. The van der Waals surface area contributed by atoms with Gasteiger partial charge in [-0.2, -0.15) is 0 Å². The van der Waals surface area contributed by atoms with Gasteiger partial charge in [-0.15, -0.1) is 11.3 Å². The van der Waals surface area contributed by atoms with Crippen molar-refractivity contribution >= 4 is 44.6 Å². The van der Waals surface area contributed by atoms with E-state index in [1.165, 1.54) is 12.1 Å². The van der Waals surface area contributed by atoms with Crippen molar-refractivity contribution in [2.24, 2.45) is 0 Å². The van der Waals surface area contributed by atoms with Crippen LogP contribution < -0.4 is 10.6 Å². The predicted molar refractivity (Wildman–Crippen MR) is 79.4 cm³/mol. The molecule has 6 nitrogen and oxygen atoms in total. The van der Waals surface area contributed by atoms with Crippen molar-refractivity contribution in [3.63, 3.8) is 0 Å². The highest BCUT2D eigenvalue weighted by Crippen LogP contribution is 2.28. The molecule has 2 N–H and O–H groups in total. The van der Waals surface area contributed by atoms with Gasteiger partial charge in [0.05, 0.1) is 11.5 Å². The Labute approximate surface area is 122 Å². The number of aromatic nitrogens is 1. The molecule has 19 heavy (non-hydrogen) atoms. The molecule has 0 unspecified atom stereocenters. The molecule has 0 saturated carbocycles. The Morgan fingerprint density at radius 2 is 2.32 bits per heavy atom. The van der Waals surface area contributed by atoms with Gasteiger partial charge in [0, 0.05) is 27.8 Å². The van der Waals surface area contributed by atoms with Crippen molar-refractivity contribution < 1.29 is 4.92 Å². The minimum atomic E-state index is -0.456. The van der Waals surface area contributed by atoms with Crippen LogP contribution in [0.25, 0.3) is 0 Å². The molecule has 0 bridgehead atoms. The second-order valence-electron chi connectivity index (χ2n) is 3.92. The predicted octanol–water partition coefficient (Wildman–Crippen LogP) is 3.03. The van der Waals surface area contributed by atoms with Crippen LogP contribution in [0.2, 0.25) is 0 Å². The summed E-state index contributed by atoms with van der Waals surface area (Å²) in [6.45, 7) is 0.535. The monoisotopic (exact) mass is 342 g/mol. The van der Waals surface area contributed by atoms with Crippen molar-refractivity contribution in [2.75, 3.05) is 17.7 Å². The SMILES string of the molecule is CN(Cc1cc(Br)cs1)c1nc(N)ccc1[N+](=O)[O-]. The summed E-state index contributed by atoms with van der Waals surface area (Å²) >= 11 is 4.95. The van der Waals surface area contributed by atoms with Crippen LogP contribution in [0.3, 0.4) is 0 Å². The molecule has 100 valence electrons. The third kappa shape index (κ3) is 3.21. The summed E-state index contributed by atoms with van der Waals surface area (Å²) in [5.41, 5.74) is 5.55. The van der Waals surface area contributed by atoms with E-state index in [1.807, 2.05) is 11.4 Å². The first-order valence-electron chi connectivity index (χ1n) is 5.32. The number of thiophene rings is 1. The van der Waals surface area contributed by atoms with Crippen molar-refractivity contribution in [3.8, 4) is 0 Å². The van der Waals surface area contributed by atoms with Crippen LogP contribution in [-0.2, 0) is 6.54 Å². The van der Waals surface area contributed by atoms with Gasteiger partial charge in [0.1, 0.15) is 5.82 Å². The molecule has 0 radical (unpaired) electrons. The Hall–Kier alpha value is -1.67. The number of nitrogens with two attached hydrogens (primary N) is 1. The maximum absolute atomic E-state index is 11.0. The van der Waals surface area contributed by atoms with Gasteiger partial charge in [-0.1, -0.05) is 0 Å². The van der Waals surface area contributed by atoms with Crippen molar-refractivity contribution in [3.05, 3.63) is 43.0 Å². The number of nitrogen functional groups attached to an aromatic ring is 1. The van der Waals surface area contributed by atoms with Crippen LogP contribution in [0.4, 0.5) is 17.3 Å². The Balaban J connectivity index is 2.29. The highest BCUT2D eigenvalue weighted by atomic mass is 79.9. The zero-order chi connectivity index (χ0) is 14.0. The minimum absolute atomic E-state index is 0.0488. The van der Waals surface area contributed by atoms with Crippen LogP contribution in [0.1, 0.15) is 4.88 Å². The molecule has 0 spiro atoms. The number of pyridine rings is 1. The molecule has 0 aromatic carbocycles. The molecule has 2 aromatic heterocycles. The molecule has 0 atom stereocenters. The zero-order valence-electron chi connectivity index (χ0n) is 10.0. The van der Waals surface area contributed by atoms with E-state index in [0.717, 1.165) is 9.35 Å². The number of nitro groups is 1. The molecule has 0 fully saturated rings. The molecule has 2 aromatic rings. The van der Waals surface area contributed by atoms with Crippen molar-refractivity contribution in [1.29, 1.82) is 0 Å². The summed E-state index contributed by atoms with van der Waals surface area (Å²) in [5, 5.41) is 12.9. The Morgan fingerprint density at radius 3 is 2.89 bits per heavy atom. The Morgan fingerprint density at radius 1 is 1.58 bits per heavy atom. The zero-order valence-corrected chi connectivity index (χ0v) is 12.4. The standard InChI is InChI=1S/C11H11BrN4O2S/c1-15(5-8-4-7(12)6-19-8)11-9(16(17)18)2-3-10(13)14-11/h2-4,6H,5H2,1H3,(H2,13,14). The topological polar surface area (TPSA) is 85.3 Å². The summed E-state index contributed by atoms with van der Waals surface area (Å²) in [5.74, 6) is 0.536. The van der Waals surface area contributed by atoms with Gasteiger partial charge in [0.2, 0.25) is 5.82 Å². The lowest BCUT2D eigenvalue weighted by Crippen LogP contribution is -2.19. The third-order valence-corrected chi connectivity index (χ3v) is 4.13. The fourth-order valence-electron chi connectivity index (χ4n) is 1.62. The maximum Gasteiger partial charge on any atom is 0.311 e. The van der Waals surface area contributed by atoms with Gasteiger partial charge in [-0.25, -0.2) is 4.98 Å². The molecular weight excluding hydrogens is 332 g/mol. The number of hydrogen-bond acceptors (Lipinski definition) is 6. The lowest BCUT2D eigenvalue weighted by molar-refractivity contribution is -0.384. The lowest BCUT2D eigenvalue weighted by Gasteiger charge is -2.17. The van der Waals surface area contributed by atoms with Crippen molar-refractivity contribution in [1.82, 2.24) is 4.98 Å². The van der Waals surface area contributed by atoms with Gasteiger partial charge in [-0.3, -0.25) is 10.1 Å². The van der Waals surface area contributed by atoms with Gasteiger partial charge >= 0.3 is 5.69 Å². The summed E-state index contributed by atoms with van der Waals surface area (Å²) < 4.78 is 0.996. The van der Waals surface area contributed by atoms with Crippen LogP contribution >= 0.6 is 27.3 Å². The Bertz CT molecular complexity index is 616. The number of nitrogens with zero attached hydrogens (tertiary/aromatic N) is 3. The number of rotatable bonds is 4. The summed E-state index contributed by atoms with van der Waals surface area (Å²) in [4.78, 5) is 17.4. The highest BCUT2D eigenvalue weighted by Gasteiger charge is 2.19. The minimum Gasteiger partial charge on any atom is -0.384 e. The average Bonchev–Trinajstić information content (AvgIpc) is 2.74. The first-order valence-corrected chi connectivity index (χ1v) is 6.99. The van der Waals surface area contributed by atoms with E-state index in [9.17, 15) is 10.1 Å². The number of hydrogen-bond donors (Lipinski definition) is 1. The van der Waals surface area contributed by atoms with Gasteiger partial charge < -0.3 is 10.6 Å². The van der Waals surface area contributed by atoms with Crippen LogP contribution in [0, 0.1) is 10.1 Å². The van der Waals surface area contributed by atoms with Crippen molar-refractivity contribution in [2.45, 2.75) is 6.54 Å². The van der Waals surface area contributed by atoms with E-state index in [-0.39, 0.29) is 17.3 Å². The van der Waals surface area contributed by atoms with Gasteiger partial charge in [0.25, 0.3) is 0 Å². The molecule has 0 aliphatic heterocycles. The number of anilines is 2. The summed E-state index contributed by atoms with van der Waals surface area (Å²) in [6, 6.07) is 4.77. The molecule has 0 aliphatic rings. The molecule has 2 heterocycles. The fraction of sp³-hybridized carbons (Fsp3) is 0.182. The molecule has 8 heteroatoms. The fourth-order valence-corrected chi connectivity index (χ4v) is 3.13. The third-order valence-electron chi connectivity index (χ3n) is 2.45. The molecule has 0 saturated heterocycles. The largest absolute Gasteiger partial charge is 0.384 e. The molecular formula is C11H11BrN4O2S. The van der Waals surface area contributed by atoms with E-state index in [0.29, 0.717) is 6.54 Å². The second kappa shape index (κ2) is 5.54. The smallest absolute Gasteiger partial charge is 0.311 e. The van der Waals surface area contributed by atoms with Gasteiger partial charge in [-0.05, 0) is 28.1 Å². The van der Waals surface area contributed by atoms with Crippen LogP contribution in [0.15, 0.2) is 28.1 Å². The van der Waals surface area contributed by atoms with Crippen LogP contribution in [-0.4, -0.2) is 17.0 Å².